The lowest BCUT2D eigenvalue weighted by atomic mass is 10.1. The molecule has 1 atom stereocenters. The molecular weight excluding hydrogens is 391 g/mol. The number of hydrogen-bond acceptors (Lipinski definition) is 6. The summed E-state index contributed by atoms with van der Waals surface area (Å²) in [5, 5.41) is 13.3. The summed E-state index contributed by atoms with van der Waals surface area (Å²) in [4.78, 5) is 28.0. The van der Waals surface area contributed by atoms with E-state index < -0.39 is 23.6 Å². The Balaban J connectivity index is 2.22. The van der Waals surface area contributed by atoms with E-state index in [2.05, 4.69) is 10.3 Å². The molecule has 3 N–H and O–H groups in total. The number of hydrogen-bond donors (Lipinski definition) is 3. The number of aromatic nitrogens is 1. The number of rotatable bonds is 8. The number of nitrogens with one attached hydrogen (secondary N) is 2. The fourth-order valence-corrected chi connectivity index (χ4v) is 3.07. The summed E-state index contributed by atoms with van der Waals surface area (Å²) in [6, 6.07) is 5.57. The molecule has 7 nitrogen and oxygen atoms in total. The SMILES string of the molecule is CCc1c(C(=O)OC(C)(C)C)[nH]c(CNC[C@H](O)c2ccc(F)cc2)c1C(=O)OC. The molecule has 0 bridgehead atoms. The number of halogens is 1. The van der Waals surface area contributed by atoms with Crippen LogP contribution in [0.2, 0.25) is 0 Å². The summed E-state index contributed by atoms with van der Waals surface area (Å²) in [5.41, 5.74) is 1.36. The second-order valence-corrected chi connectivity index (χ2v) is 7.88. The first-order chi connectivity index (χ1) is 14.1. The number of aliphatic hydroxyl groups is 1. The first-order valence-corrected chi connectivity index (χ1v) is 9.77. The molecule has 0 unspecified atom stereocenters. The van der Waals surface area contributed by atoms with Crippen LogP contribution in [-0.2, 0) is 22.4 Å². The van der Waals surface area contributed by atoms with E-state index in [9.17, 15) is 19.1 Å². The highest BCUT2D eigenvalue weighted by Gasteiger charge is 2.28. The fraction of sp³-hybridized carbons (Fsp3) is 0.455. The van der Waals surface area contributed by atoms with Crippen LogP contribution < -0.4 is 5.32 Å². The number of carbonyl (C=O) groups excluding carboxylic acids is 2. The lowest BCUT2D eigenvalue weighted by Gasteiger charge is -2.19. The number of ether oxygens (including phenoxy) is 2. The summed E-state index contributed by atoms with van der Waals surface area (Å²) < 4.78 is 23.4. The van der Waals surface area contributed by atoms with Crippen LogP contribution in [0.4, 0.5) is 4.39 Å². The molecule has 2 rings (SSSR count). The zero-order chi connectivity index (χ0) is 22.5. The van der Waals surface area contributed by atoms with Gasteiger partial charge in [-0.05, 0) is 50.5 Å². The van der Waals surface area contributed by atoms with Crippen LogP contribution in [0.5, 0.6) is 0 Å². The van der Waals surface area contributed by atoms with Gasteiger partial charge in [-0.3, -0.25) is 0 Å². The Hall–Kier alpha value is -2.71. The normalized spacial score (nSPS) is 12.5. The summed E-state index contributed by atoms with van der Waals surface area (Å²) in [6.07, 6.45) is -0.439. The maximum atomic E-state index is 13.0. The van der Waals surface area contributed by atoms with Gasteiger partial charge in [-0.25, -0.2) is 14.0 Å². The molecule has 0 aliphatic rings. The smallest absolute Gasteiger partial charge is 0.355 e. The molecule has 30 heavy (non-hydrogen) atoms. The summed E-state index contributed by atoms with van der Waals surface area (Å²) in [5.74, 6) is -1.49. The minimum absolute atomic E-state index is 0.161. The number of methoxy groups -OCH3 is 1. The largest absolute Gasteiger partial charge is 0.465 e. The van der Waals surface area contributed by atoms with Gasteiger partial charge in [0.1, 0.15) is 17.1 Å². The molecule has 1 aromatic heterocycles. The first-order valence-electron chi connectivity index (χ1n) is 9.77. The lowest BCUT2D eigenvalue weighted by molar-refractivity contribution is 0.00621. The molecule has 0 amide bonds. The van der Waals surface area contributed by atoms with Crippen molar-refractivity contribution in [2.45, 2.75) is 52.4 Å². The minimum atomic E-state index is -0.863. The van der Waals surface area contributed by atoms with Crippen molar-refractivity contribution in [3.63, 3.8) is 0 Å². The lowest BCUT2D eigenvalue weighted by Crippen LogP contribution is -2.25. The summed E-state index contributed by atoms with van der Waals surface area (Å²) >= 11 is 0. The Morgan fingerprint density at radius 3 is 2.37 bits per heavy atom. The van der Waals surface area contributed by atoms with Crippen LogP contribution in [0, 0.1) is 5.82 Å². The first kappa shape index (κ1) is 23.6. The number of H-pyrrole nitrogens is 1. The van der Waals surface area contributed by atoms with Gasteiger partial charge >= 0.3 is 11.9 Å². The number of aliphatic hydroxyl groups excluding tert-OH is 1. The Morgan fingerprint density at radius 2 is 1.83 bits per heavy atom. The summed E-state index contributed by atoms with van der Waals surface area (Å²) in [7, 11) is 1.28. The van der Waals surface area contributed by atoms with Crippen molar-refractivity contribution in [3.05, 3.63) is 58.2 Å². The van der Waals surface area contributed by atoms with E-state index in [0.717, 1.165) is 0 Å². The molecule has 164 valence electrons. The topological polar surface area (TPSA) is 101 Å². The minimum Gasteiger partial charge on any atom is -0.465 e. The molecule has 2 aromatic rings. The fourth-order valence-electron chi connectivity index (χ4n) is 3.07. The highest BCUT2D eigenvalue weighted by atomic mass is 19.1. The second-order valence-electron chi connectivity index (χ2n) is 7.88. The van der Waals surface area contributed by atoms with Crippen molar-refractivity contribution in [1.29, 1.82) is 0 Å². The number of esters is 2. The highest BCUT2D eigenvalue weighted by molar-refractivity contribution is 5.98. The molecule has 0 fully saturated rings. The van der Waals surface area contributed by atoms with E-state index in [1.165, 1.54) is 31.4 Å². The van der Waals surface area contributed by atoms with E-state index >= 15 is 0 Å². The third-order valence-electron chi connectivity index (χ3n) is 4.42. The average Bonchev–Trinajstić information content (AvgIpc) is 3.05. The van der Waals surface area contributed by atoms with Crippen molar-refractivity contribution in [3.8, 4) is 0 Å². The maximum Gasteiger partial charge on any atom is 0.355 e. The molecule has 8 heteroatoms. The van der Waals surface area contributed by atoms with Gasteiger partial charge in [0, 0.05) is 18.8 Å². The van der Waals surface area contributed by atoms with Crippen LogP contribution in [0.3, 0.4) is 0 Å². The standard InChI is InChI=1S/C22H29FN2O5/c1-6-15-18(20(27)29-5)16(25-19(15)21(28)30-22(2,3)4)11-24-12-17(26)13-7-9-14(23)10-8-13/h7-10,17,24-26H,6,11-12H2,1-5H3/t17-/m0/s1. The quantitative estimate of drug-likeness (QED) is 0.567. The van der Waals surface area contributed by atoms with E-state index in [0.29, 0.717) is 23.2 Å². The van der Waals surface area contributed by atoms with Gasteiger partial charge < -0.3 is 24.9 Å². The Labute approximate surface area is 175 Å². The van der Waals surface area contributed by atoms with Gasteiger partial charge in [-0.15, -0.1) is 0 Å². The predicted molar refractivity (Wildman–Crippen MR) is 110 cm³/mol. The molecule has 0 aliphatic heterocycles. The van der Waals surface area contributed by atoms with Crippen LogP contribution in [0.15, 0.2) is 24.3 Å². The third-order valence-corrected chi connectivity index (χ3v) is 4.42. The third kappa shape index (κ3) is 5.90. The molecule has 1 aromatic carbocycles. The van der Waals surface area contributed by atoms with Gasteiger partial charge in [-0.2, -0.15) is 0 Å². The van der Waals surface area contributed by atoms with Gasteiger partial charge in [0.15, 0.2) is 0 Å². The van der Waals surface area contributed by atoms with Crippen LogP contribution in [0.25, 0.3) is 0 Å². The van der Waals surface area contributed by atoms with Gasteiger partial charge in [0.2, 0.25) is 0 Å². The monoisotopic (exact) mass is 420 g/mol. The number of aromatic amines is 1. The van der Waals surface area contributed by atoms with Gasteiger partial charge in [0.05, 0.1) is 18.8 Å². The highest BCUT2D eigenvalue weighted by Crippen LogP contribution is 2.24. The molecule has 0 saturated carbocycles. The van der Waals surface area contributed by atoms with Crippen molar-refractivity contribution in [2.24, 2.45) is 0 Å². The molecule has 0 saturated heterocycles. The number of carbonyl (C=O) groups is 2. The van der Waals surface area contributed by atoms with Crippen molar-refractivity contribution in [1.82, 2.24) is 10.3 Å². The van der Waals surface area contributed by atoms with Crippen molar-refractivity contribution in [2.75, 3.05) is 13.7 Å². The zero-order valence-electron chi connectivity index (χ0n) is 18.0. The predicted octanol–water partition coefficient (Wildman–Crippen LogP) is 3.28. The molecular formula is C22H29FN2O5. The van der Waals surface area contributed by atoms with E-state index in [-0.39, 0.29) is 30.2 Å². The van der Waals surface area contributed by atoms with Crippen molar-refractivity contribution < 1.29 is 28.6 Å². The molecule has 0 radical (unpaired) electrons. The van der Waals surface area contributed by atoms with Gasteiger partial charge in [-0.1, -0.05) is 19.1 Å². The van der Waals surface area contributed by atoms with Gasteiger partial charge in [0.25, 0.3) is 0 Å². The Bertz CT molecular complexity index is 884. The van der Waals surface area contributed by atoms with E-state index in [1.54, 1.807) is 20.8 Å². The van der Waals surface area contributed by atoms with E-state index in [4.69, 9.17) is 9.47 Å². The number of benzene rings is 1. The van der Waals surface area contributed by atoms with Crippen LogP contribution in [-0.4, -0.2) is 41.3 Å². The van der Waals surface area contributed by atoms with Crippen LogP contribution >= 0.6 is 0 Å². The zero-order valence-corrected chi connectivity index (χ0v) is 18.0. The van der Waals surface area contributed by atoms with Crippen LogP contribution in [0.1, 0.15) is 71.5 Å². The second kappa shape index (κ2) is 9.86. The molecule has 0 aliphatic carbocycles. The average molecular weight is 420 g/mol. The molecule has 0 spiro atoms. The summed E-state index contributed by atoms with van der Waals surface area (Å²) in [6.45, 7) is 7.46. The molecule has 1 heterocycles. The van der Waals surface area contributed by atoms with Crippen molar-refractivity contribution >= 4 is 11.9 Å². The van der Waals surface area contributed by atoms with E-state index in [1.807, 2.05) is 6.92 Å². The Morgan fingerprint density at radius 1 is 1.20 bits per heavy atom. The maximum absolute atomic E-state index is 13.0. The Kier molecular flexibility index (Phi) is 7.75.